The third-order valence-corrected chi connectivity index (χ3v) is 5.87. The fourth-order valence-electron chi connectivity index (χ4n) is 4.11. The van der Waals surface area contributed by atoms with Gasteiger partial charge in [0.2, 0.25) is 17.8 Å². The van der Waals surface area contributed by atoms with Gasteiger partial charge in [0.05, 0.1) is 24.3 Å². The Labute approximate surface area is 184 Å². The quantitative estimate of drug-likeness (QED) is 0.666. The summed E-state index contributed by atoms with van der Waals surface area (Å²) in [4.78, 5) is 47.6. The van der Waals surface area contributed by atoms with Crippen LogP contribution in [0.2, 0.25) is 5.02 Å². The number of H-pyrrole nitrogens is 1. The van der Waals surface area contributed by atoms with Crippen LogP contribution >= 0.6 is 11.6 Å². The Hall–Kier alpha value is -3.07. The molecule has 4 rings (SSSR count). The summed E-state index contributed by atoms with van der Waals surface area (Å²) >= 11 is 6.03. The number of hydrogen-bond donors (Lipinski definition) is 3. The van der Waals surface area contributed by atoms with Gasteiger partial charge in [-0.05, 0) is 37.0 Å². The predicted molar refractivity (Wildman–Crippen MR) is 118 cm³/mol. The van der Waals surface area contributed by atoms with Gasteiger partial charge < -0.3 is 20.3 Å². The van der Waals surface area contributed by atoms with Crippen LogP contribution < -0.4 is 25.8 Å². The molecular formula is C21H24ClN5O4. The van der Waals surface area contributed by atoms with E-state index in [4.69, 9.17) is 16.3 Å². The number of benzene rings is 1. The summed E-state index contributed by atoms with van der Waals surface area (Å²) in [7, 11) is 1.47. The topological polar surface area (TPSA) is 116 Å². The van der Waals surface area contributed by atoms with Crippen molar-refractivity contribution in [1.29, 1.82) is 0 Å². The number of fused-ring (bicyclic) bond motifs is 1. The van der Waals surface area contributed by atoms with E-state index in [9.17, 15) is 14.4 Å². The van der Waals surface area contributed by atoms with Crippen molar-refractivity contribution in [3.05, 3.63) is 39.1 Å². The van der Waals surface area contributed by atoms with Crippen molar-refractivity contribution in [2.24, 2.45) is 5.92 Å². The van der Waals surface area contributed by atoms with E-state index in [1.54, 1.807) is 18.2 Å². The number of methoxy groups -OCH3 is 1. The molecule has 2 amide bonds. The summed E-state index contributed by atoms with van der Waals surface area (Å²) in [5, 5.41) is 5.79. The van der Waals surface area contributed by atoms with E-state index in [-0.39, 0.29) is 23.7 Å². The number of ether oxygens (including phenoxy) is 1. The van der Waals surface area contributed by atoms with Crippen molar-refractivity contribution < 1.29 is 14.3 Å². The SMILES string of the molecule is COc1ccc(Cl)cc1NC(=O)[C@@H]1CC(=O)Nc2nc(N3CCC[C@@H](C)C3)[nH]c(=O)c21. The number of aromatic nitrogens is 2. The summed E-state index contributed by atoms with van der Waals surface area (Å²) in [6.07, 6.45) is 1.96. The Morgan fingerprint density at radius 1 is 1.35 bits per heavy atom. The van der Waals surface area contributed by atoms with Gasteiger partial charge >= 0.3 is 0 Å². The summed E-state index contributed by atoms with van der Waals surface area (Å²) in [5.41, 5.74) is 0.0687. The maximum absolute atomic E-state index is 13.1. The number of carbonyl (C=O) groups is 2. The van der Waals surface area contributed by atoms with Crippen LogP contribution in [0.25, 0.3) is 0 Å². The molecule has 164 valence electrons. The van der Waals surface area contributed by atoms with Crippen LogP contribution in [0, 0.1) is 5.92 Å². The summed E-state index contributed by atoms with van der Waals surface area (Å²) in [6.45, 7) is 3.70. The van der Waals surface area contributed by atoms with Crippen molar-refractivity contribution in [3.8, 4) is 5.75 Å². The van der Waals surface area contributed by atoms with Crippen LogP contribution in [0.1, 0.15) is 37.7 Å². The molecule has 0 unspecified atom stereocenters. The highest BCUT2D eigenvalue weighted by Gasteiger charge is 2.35. The molecule has 2 atom stereocenters. The Morgan fingerprint density at radius 2 is 2.16 bits per heavy atom. The molecule has 0 saturated carbocycles. The van der Waals surface area contributed by atoms with Crippen LogP contribution in [-0.2, 0) is 9.59 Å². The molecule has 9 nitrogen and oxygen atoms in total. The molecule has 0 bridgehead atoms. The second kappa shape index (κ2) is 8.58. The molecule has 2 aliphatic heterocycles. The predicted octanol–water partition coefficient (Wildman–Crippen LogP) is 2.73. The highest BCUT2D eigenvalue weighted by molar-refractivity contribution is 6.31. The maximum Gasteiger partial charge on any atom is 0.258 e. The minimum absolute atomic E-state index is 0.131. The molecule has 31 heavy (non-hydrogen) atoms. The van der Waals surface area contributed by atoms with Crippen molar-refractivity contribution in [1.82, 2.24) is 9.97 Å². The van der Waals surface area contributed by atoms with Crippen LogP contribution in [0.3, 0.4) is 0 Å². The minimum atomic E-state index is -0.988. The highest BCUT2D eigenvalue weighted by Crippen LogP contribution is 2.33. The van der Waals surface area contributed by atoms with E-state index < -0.39 is 17.4 Å². The standard InChI is InChI=1S/C21H24ClN5O4/c1-11-4-3-7-27(10-11)21-25-18-17(20(30)26-21)13(9-16(28)24-18)19(29)23-14-8-12(22)5-6-15(14)31-2/h5-6,8,11,13H,3-4,7,9-10H2,1-2H3,(H,23,29)(H2,24,25,26,28,30)/t11-,13-/m1/s1. The average molecular weight is 446 g/mol. The largest absolute Gasteiger partial charge is 0.495 e. The Morgan fingerprint density at radius 3 is 2.90 bits per heavy atom. The van der Waals surface area contributed by atoms with Crippen LogP contribution in [-0.4, -0.2) is 42.0 Å². The van der Waals surface area contributed by atoms with Gasteiger partial charge in [0.25, 0.3) is 5.56 Å². The highest BCUT2D eigenvalue weighted by atomic mass is 35.5. The van der Waals surface area contributed by atoms with Gasteiger partial charge in [-0.2, -0.15) is 4.98 Å². The lowest BCUT2D eigenvalue weighted by atomic mass is 9.92. The number of aromatic amines is 1. The zero-order valence-corrected chi connectivity index (χ0v) is 18.1. The summed E-state index contributed by atoms with van der Waals surface area (Å²) in [5.74, 6) is -0.432. The second-order valence-corrected chi connectivity index (χ2v) is 8.42. The molecule has 0 spiro atoms. The van der Waals surface area contributed by atoms with Gasteiger partial charge in [-0.25, -0.2) is 0 Å². The third-order valence-electron chi connectivity index (χ3n) is 5.63. The number of anilines is 3. The summed E-state index contributed by atoms with van der Waals surface area (Å²) < 4.78 is 5.26. The lowest BCUT2D eigenvalue weighted by Gasteiger charge is -2.32. The number of hydrogen-bond acceptors (Lipinski definition) is 6. The smallest absolute Gasteiger partial charge is 0.258 e. The fraction of sp³-hybridized carbons (Fsp3) is 0.429. The van der Waals surface area contributed by atoms with Crippen molar-refractivity contribution in [2.45, 2.75) is 32.1 Å². The molecule has 2 aliphatic rings. The van der Waals surface area contributed by atoms with Crippen molar-refractivity contribution in [2.75, 3.05) is 35.7 Å². The summed E-state index contributed by atoms with van der Waals surface area (Å²) in [6, 6.07) is 4.81. The fourth-order valence-corrected chi connectivity index (χ4v) is 4.28. The van der Waals surface area contributed by atoms with Crippen molar-refractivity contribution >= 4 is 40.9 Å². The lowest BCUT2D eigenvalue weighted by molar-refractivity contribution is -0.123. The number of halogens is 1. The number of nitrogens with zero attached hydrogens (tertiary/aromatic N) is 2. The average Bonchev–Trinajstić information content (AvgIpc) is 2.73. The van der Waals surface area contributed by atoms with Crippen molar-refractivity contribution in [3.63, 3.8) is 0 Å². The van der Waals surface area contributed by atoms with Crippen LogP contribution in [0.4, 0.5) is 17.5 Å². The molecule has 3 heterocycles. The maximum atomic E-state index is 13.1. The molecule has 3 N–H and O–H groups in total. The van der Waals surface area contributed by atoms with Gasteiger partial charge in [-0.3, -0.25) is 19.4 Å². The number of nitrogens with one attached hydrogen (secondary N) is 3. The van der Waals surface area contributed by atoms with Gasteiger partial charge in [0, 0.05) is 24.5 Å². The number of carbonyl (C=O) groups excluding carboxylic acids is 2. The molecule has 0 aliphatic carbocycles. The zero-order chi connectivity index (χ0) is 22.1. The molecule has 2 aromatic rings. The Bertz CT molecular complexity index is 1090. The van der Waals surface area contributed by atoms with E-state index >= 15 is 0 Å². The molecular weight excluding hydrogens is 422 g/mol. The minimum Gasteiger partial charge on any atom is -0.495 e. The Balaban J connectivity index is 1.66. The van der Waals surface area contributed by atoms with Crippen LogP contribution in [0.5, 0.6) is 5.75 Å². The first-order valence-corrected chi connectivity index (χ1v) is 10.6. The molecule has 1 aromatic heterocycles. The van der Waals surface area contributed by atoms with Gasteiger partial charge in [0.15, 0.2) is 0 Å². The molecule has 0 radical (unpaired) electrons. The molecule has 10 heteroatoms. The van der Waals surface area contributed by atoms with Gasteiger partial charge in [-0.15, -0.1) is 0 Å². The molecule has 1 fully saturated rings. The van der Waals surface area contributed by atoms with Gasteiger partial charge in [0.1, 0.15) is 11.6 Å². The molecule has 1 aromatic carbocycles. The number of amides is 2. The molecule has 1 saturated heterocycles. The normalized spacial score (nSPS) is 20.6. The van der Waals surface area contributed by atoms with E-state index in [1.165, 1.54) is 7.11 Å². The van der Waals surface area contributed by atoms with E-state index in [1.807, 2.05) is 4.90 Å². The number of rotatable bonds is 4. The monoisotopic (exact) mass is 445 g/mol. The third kappa shape index (κ3) is 4.36. The first-order valence-electron chi connectivity index (χ1n) is 10.2. The Kier molecular flexibility index (Phi) is 5.86. The van der Waals surface area contributed by atoms with E-state index in [2.05, 4.69) is 27.5 Å². The second-order valence-electron chi connectivity index (χ2n) is 7.98. The number of piperidine rings is 1. The van der Waals surface area contributed by atoms with Gasteiger partial charge in [-0.1, -0.05) is 18.5 Å². The van der Waals surface area contributed by atoms with E-state index in [0.717, 1.165) is 25.9 Å². The zero-order valence-electron chi connectivity index (χ0n) is 17.3. The first kappa shape index (κ1) is 21.2. The first-order chi connectivity index (χ1) is 14.9. The van der Waals surface area contributed by atoms with Crippen LogP contribution in [0.15, 0.2) is 23.0 Å². The lowest BCUT2D eigenvalue weighted by Crippen LogP contribution is -2.40. The van der Waals surface area contributed by atoms with E-state index in [0.29, 0.717) is 28.3 Å².